The molecular weight excluding hydrogens is 303 g/mol. The van der Waals surface area contributed by atoms with E-state index in [1.54, 1.807) is 0 Å². The molecule has 0 aromatic carbocycles. The highest BCUT2D eigenvalue weighted by molar-refractivity contribution is 8.00. The van der Waals surface area contributed by atoms with Crippen LogP contribution in [0.4, 0.5) is 13.2 Å². The summed E-state index contributed by atoms with van der Waals surface area (Å²) in [6, 6.07) is 0.452. The Morgan fingerprint density at radius 2 is 2.05 bits per heavy atom. The molecule has 0 radical (unpaired) electrons. The Kier molecular flexibility index (Phi) is 4.39. The predicted molar refractivity (Wildman–Crippen MR) is 72.8 cm³/mol. The minimum Gasteiger partial charge on any atom is -0.291 e. The molecule has 1 aliphatic carbocycles. The first-order valence-corrected chi connectivity index (χ1v) is 8.25. The molecule has 1 aliphatic heterocycles. The maximum absolute atomic E-state index is 12.5. The van der Waals surface area contributed by atoms with Crippen molar-refractivity contribution >= 4 is 11.8 Å². The Morgan fingerprint density at radius 1 is 1.24 bits per heavy atom. The molecule has 2 heterocycles. The van der Waals surface area contributed by atoms with Gasteiger partial charge < -0.3 is 0 Å². The summed E-state index contributed by atoms with van der Waals surface area (Å²) in [6.07, 6.45) is 0.493. The maximum atomic E-state index is 12.5. The first kappa shape index (κ1) is 15.1. The first-order valence-electron chi connectivity index (χ1n) is 7.20. The molecule has 0 amide bonds. The minimum absolute atomic E-state index is 0.309. The molecule has 5 nitrogen and oxygen atoms in total. The van der Waals surface area contributed by atoms with E-state index in [-0.39, 0.29) is 0 Å². The van der Waals surface area contributed by atoms with Crippen molar-refractivity contribution < 1.29 is 13.2 Å². The van der Waals surface area contributed by atoms with E-state index in [1.807, 2.05) is 11.8 Å². The fraction of sp³-hybridized carbons (Fsp3) is 0.917. The van der Waals surface area contributed by atoms with Crippen LogP contribution in [0.15, 0.2) is 0 Å². The van der Waals surface area contributed by atoms with Crippen LogP contribution in [-0.2, 0) is 13.1 Å². The zero-order valence-corrected chi connectivity index (χ0v) is 12.4. The molecule has 1 aromatic rings. The lowest BCUT2D eigenvalue weighted by atomic mass is 9.93. The van der Waals surface area contributed by atoms with Crippen LogP contribution < -0.4 is 0 Å². The SMILES string of the molecule is FC(F)(F)Cn1nnnc1CN1CCS[C@@H]2CCCC[C@H]21. The maximum Gasteiger partial charge on any atom is 0.408 e. The summed E-state index contributed by atoms with van der Waals surface area (Å²) in [5.74, 6) is 1.34. The van der Waals surface area contributed by atoms with Crippen LogP contribution in [-0.4, -0.2) is 54.9 Å². The molecule has 1 aromatic heterocycles. The number of hydrogen-bond donors (Lipinski definition) is 0. The van der Waals surface area contributed by atoms with Crippen molar-refractivity contribution in [3.05, 3.63) is 5.82 Å². The normalized spacial score (nSPS) is 27.6. The second kappa shape index (κ2) is 6.12. The molecule has 0 spiro atoms. The lowest BCUT2D eigenvalue weighted by Crippen LogP contribution is -2.48. The van der Waals surface area contributed by atoms with Crippen LogP contribution in [0.3, 0.4) is 0 Å². The summed E-state index contributed by atoms with van der Waals surface area (Å²) in [5, 5.41) is 11.3. The van der Waals surface area contributed by atoms with Crippen molar-refractivity contribution in [2.75, 3.05) is 12.3 Å². The van der Waals surface area contributed by atoms with Crippen molar-refractivity contribution in [3.63, 3.8) is 0 Å². The zero-order valence-electron chi connectivity index (χ0n) is 11.6. The first-order chi connectivity index (χ1) is 10.0. The summed E-state index contributed by atoms with van der Waals surface area (Å²) < 4.78 is 38.4. The number of aromatic nitrogens is 4. The van der Waals surface area contributed by atoms with Crippen molar-refractivity contribution in [1.82, 2.24) is 25.1 Å². The number of halogens is 3. The van der Waals surface area contributed by atoms with Crippen molar-refractivity contribution in [3.8, 4) is 0 Å². The Morgan fingerprint density at radius 3 is 2.86 bits per heavy atom. The molecule has 0 N–H and O–H groups in total. The molecule has 21 heavy (non-hydrogen) atoms. The van der Waals surface area contributed by atoms with E-state index in [1.165, 1.54) is 19.3 Å². The van der Waals surface area contributed by atoms with Gasteiger partial charge in [-0.25, -0.2) is 4.68 Å². The fourth-order valence-corrected chi connectivity index (χ4v) is 4.69. The van der Waals surface area contributed by atoms with Gasteiger partial charge in [0.25, 0.3) is 0 Å². The average molecular weight is 321 g/mol. The van der Waals surface area contributed by atoms with E-state index in [9.17, 15) is 13.2 Å². The molecular formula is C12H18F3N5S. The van der Waals surface area contributed by atoms with Gasteiger partial charge in [-0.3, -0.25) is 4.90 Å². The average Bonchev–Trinajstić information content (AvgIpc) is 2.84. The third kappa shape index (κ3) is 3.68. The van der Waals surface area contributed by atoms with Crippen molar-refractivity contribution in [2.24, 2.45) is 0 Å². The number of alkyl halides is 3. The topological polar surface area (TPSA) is 46.8 Å². The van der Waals surface area contributed by atoms with Gasteiger partial charge in [0.1, 0.15) is 6.54 Å². The number of nitrogens with zero attached hydrogens (tertiary/aromatic N) is 5. The highest BCUT2D eigenvalue weighted by Gasteiger charge is 2.35. The molecule has 1 saturated heterocycles. The largest absolute Gasteiger partial charge is 0.408 e. The highest BCUT2D eigenvalue weighted by atomic mass is 32.2. The highest BCUT2D eigenvalue weighted by Crippen LogP contribution is 2.36. The predicted octanol–water partition coefficient (Wildman–Crippen LogP) is 2.10. The summed E-state index contributed by atoms with van der Waals surface area (Å²) in [6.45, 7) is 0.182. The summed E-state index contributed by atoms with van der Waals surface area (Å²) >= 11 is 2.00. The Labute approximate surface area is 125 Å². The van der Waals surface area contributed by atoms with E-state index in [0.29, 0.717) is 23.7 Å². The molecule has 2 atom stereocenters. The summed E-state index contributed by atoms with van der Waals surface area (Å²) in [4.78, 5) is 2.26. The van der Waals surface area contributed by atoms with Crippen molar-refractivity contribution in [2.45, 2.75) is 56.2 Å². The van der Waals surface area contributed by atoms with Gasteiger partial charge in [0.05, 0.1) is 6.54 Å². The van der Waals surface area contributed by atoms with Gasteiger partial charge in [0.2, 0.25) is 0 Å². The lowest BCUT2D eigenvalue weighted by molar-refractivity contribution is -0.143. The van der Waals surface area contributed by atoms with Crippen LogP contribution >= 0.6 is 11.8 Å². The van der Waals surface area contributed by atoms with Gasteiger partial charge in [0, 0.05) is 23.6 Å². The zero-order chi connectivity index (χ0) is 14.9. The molecule has 0 unspecified atom stereocenters. The van der Waals surface area contributed by atoms with Crippen LogP contribution in [0.2, 0.25) is 0 Å². The monoisotopic (exact) mass is 321 g/mol. The van der Waals surface area contributed by atoms with Gasteiger partial charge in [-0.2, -0.15) is 24.9 Å². The third-order valence-electron chi connectivity index (χ3n) is 4.13. The fourth-order valence-electron chi connectivity index (χ4n) is 3.18. The molecule has 9 heteroatoms. The van der Waals surface area contributed by atoms with Crippen LogP contribution in [0.25, 0.3) is 0 Å². The molecule has 3 rings (SSSR count). The Hall–Kier alpha value is -0.830. The van der Waals surface area contributed by atoms with Crippen molar-refractivity contribution in [1.29, 1.82) is 0 Å². The second-order valence-corrected chi connectivity index (χ2v) is 6.95. The second-order valence-electron chi connectivity index (χ2n) is 5.60. The van der Waals surface area contributed by atoms with Gasteiger partial charge in [0.15, 0.2) is 5.82 Å². The quantitative estimate of drug-likeness (QED) is 0.853. The van der Waals surface area contributed by atoms with Crippen LogP contribution in [0.5, 0.6) is 0 Å². The number of tetrazole rings is 1. The Bertz CT molecular complexity index is 476. The Balaban J connectivity index is 1.69. The number of hydrogen-bond acceptors (Lipinski definition) is 5. The number of thioether (sulfide) groups is 1. The third-order valence-corrected chi connectivity index (χ3v) is 5.52. The molecule has 1 saturated carbocycles. The van der Waals surface area contributed by atoms with Gasteiger partial charge in [-0.05, 0) is 23.3 Å². The van der Waals surface area contributed by atoms with Gasteiger partial charge >= 0.3 is 6.18 Å². The molecule has 2 aliphatic rings. The number of fused-ring (bicyclic) bond motifs is 1. The molecule has 0 bridgehead atoms. The standard InChI is InChI=1S/C12H18F3N5S/c13-12(14,15)8-20-11(16-17-18-20)7-19-5-6-21-10-4-2-1-3-9(10)19/h9-10H,1-8H2/t9-,10-/m1/s1. The van der Waals surface area contributed by atoms with E-state index in [4.69, 9.17) is 0 Å². The summed E-state index contributed by atoms with van der Waals surface area (Å²) in [5.41, 5.74) is 0. The van der Waals surface area contributed by atoms with Gasteiger partial charge in [-0.1, -0.05) is 12.8 Å². The summed E-state index contributed by atoms with van der Waals surface area (Å²) in [7, 11) is 0. The van der Waals surface area contributed by atoms with Crippen LogP contribution in [0, 0.1) is 0 Å². The van der Waals surface area contributed by atoms with E-state index in [0.717, 1.165) is 23.4 Å². The van der Waals surface area contributed by atoms with Gasteiger partial charge in [-0.15, -0.1) is 5.10 Å². The minimum atomic E-state index is -4.30. The van der Waals surface area contributed by atoms with E-state index >= 15 is 0 Å². The lowest BCUT2D eigenvalue weighted by Gasteiger charge is -2.43. The van der Waals surface area contributed by atoms with E-state index in [2.05, 4.69) is 20.4 Å². The molecule has 2 fully saturated rings. The molecule has 118 valence electrons. The van der Waals surface area contributed by atoms with Crippen LogP contribution in [0.1, 0.15) is 31.5 Å². The number of rotatable bonds is 3. The van der Waals surface area contributed by atoms with E-state index < -0.39 is 12.7 Å². The smallest absolute Gasteiger partial charge is 0.291 e.